The van der Waals surface area contributed by atoms with Gasteiger partial charge in [-0.3, -0.25) is 4.68 Å². The van der Waals surface area contributed by atoms with Crippen molar-refractivity contribution in [2.45, 2.75) is 40.3 Å². The number of nitrogens with zero attached hydrogens (tertiary/aromatic N) is 2. The molecule has 2 rings (SSSR count). The van der Waals surface area contributed by atoms with Crippen molar-refractivity contribution >= 4 is 11.3 Å². The molecule has 0 aliphatic carbocycles. The van der Waals surface area contributed by atoms with Crippen molar-refractivity contribution in [3.8, 4) is 0 Å². The third-order valence-electron chi connectivity index (χ3n) is 3.13. The maximum Gasteiger partial charge on any atom is 0.0638 e. The van der Waals surface area contributed by atoms with Gasteiger partial charge in [0, 0.05) is 24.8 Å². The number of rotatable bonds is 7. The Morgan fingerprint density at radius 3 is 2.95 bits per heavy atom. The molecule has 0 atom stereocenters. The van der Waals surface area contributed by atoms with Crippen LogP contribution in [0.2, 0.25) is 0 Å². The molecule has 4 heteroatoms. The van der Waals surface area contributed by atoms with Crippen LogP contribution in [0.15, 0.2) is 23.0 Å². The van der Waals surface area contributed by atoms with Crippen molar-refractivity contribution in [1.82, 2.24) is 15.1 Å². The van der Waals surface area contributed by atoms with Crippen molar-refractivity contribution in [3.05, 3.63) is 39.8 Å². The van der Waals surface area contributed by atoms with Crippen LogP contribution in [0.1, 0.15) is 30.7 Å². The zero-order valence-electron chi connectivity index (χ0n) is 12.0. The molecule has 0 spiro atoms. The summed E-state index contributed by atoms with van der Waals surface area (Å²) >= 11 is 1.76. The molecule has 2 heterocycles. The summed E-state index contributed by atoms with van der Waals surface area (Å²) in [6, 6.07) is 2.19. The lowest BCUT2D eigenvalue weighted by Gasteiger charge is -2.05. The van der Waals surface area contributed by atoms with Crippen molar-refractivity contribution in [2.24, 2.45) is 5.92 Å². The highest BCUT2D eigenvalue weighted by Gasteiger charge is 2.05. The molecule has 3 nitrogen and oxygen atoms in total. The molecule has 1 N–H and O–H groups in total. The molecule has 19 heavy (non-hydrogen) atoms. The van der Waals surface area contributed by atoms with Gasteiger partial charge in [0.1, 0.15) is 0 Å². The highest BCUT2D eigenvalue weighted by atomic mass is 32.1. The van der Waals surface area contributed by atoms with Gasteiger partial charge in [0.15, 0.2) is 0 Å². The largest absolute Gasteiger partial charge is 0.312 e. The summed E-state index contributed by atoms with van der Waals surface area (Å²) in [5.41, 5.74) is 3.85. The van der Waals surface area contributed by atoms with E-state index in [1.165, 1.54) is 11.1 Å². The number of aromatic nitrogens is 2. The van der Waals surface area contributed by atoms with Crippen LogP contribution in [0.3, 0.4) is 0 Å². The second-order valence-corrected chi connectivity index (χ2v) is 6.19. The third-order valence-corrected chi connectivity index (χ3v) is 3.86. The highest BCUT2D eigenvalue weighted by molar-refractivity contribution is 7.07. The molecule has 0 fully saturated rings. The van der Waals surface area contributed by atoms with Crippen LogP contribution < -0.4 is 5.32 Å². The van der Waals surface area contributed by atoms with Gasteiger partial charge in [0.2, 0.25) is 0 Å². The fraction of sp³-hybridized carbons (Fsp3) is 0.533. The molecule has 0 amide bonds. The maximum atomic E-state index is 4.59. The van der Waals surface area contributed by atoms with Gasteiger partial charge < -0.3 is 5.32 Å². The Kier molecular flexibility index (Phi) is 5.16. The van der Waals surface area contributed by atoms with E-state index in [-0.39, 0.29) is 0 Å². The van der Waals surface area contributed by atoms with E-state index >= 15 is 0 Å². The van der Waals surface area contributed by atoms with Gasteiger partial charge in [0.05, 0.1) is 5.69 Å². The molecular weight excluding hydrogens is 254 g/mol. The average molecular weight is 277 g/mol. The molecule has 0 radical (unpaired) electrons. The summed E-state index contributed by atoms with van der Waals surface area (Å²) in [6.07, 6.45) is 3.23. The second-order valence-electron chi connectivity index (χ2n) is 5.41. The van der Waals surface area contributed by atoms with Crippen LogP contribution in [0.4, 0.5) is 0 Å². The first-order chi connectivity index (χ1) is 9.15. The Hall–Kier alpha value is -1.13. The van der Waals surface area contributed by atoms with Crippen LogP contribution in [0.5, 0.6) is 0 Å². The SMILES string of the molecule is Cc1nn(CCc2ccsc2)cc1CNCC(C)C. The minimum absolute atomic E-state index is 0.689. The smallest absolute Gasteiger partial charge is 0.0638 e. The van der Waals surface area contributed by atoms with Gasteiger partial charge in [-0.05, 0) is 48.2 Å². The zero-order valence-corrected chi connectivity index (χ0v) is 12.8. The maximum absolute atomic E-state index is 4.59. The predicted molar refractivity (Wildman–Crippen MR) is 81.5 cm³/mol. The Labute approximate surface area is 119 Å². The third kappa shape index (κ3) is 4.48. The number of nitrogens with one attached hydrogen (secondary N) is 1. The van der Waals surface area contributed by atoms with Crippen molar-refractivity contribution in [1.29, 1.82) is 0 Å². The lowest BCUT2D eigenvalue weighted by molar-refractivity contribution is 0.551. The van der Waals surface area contributed by atoms with Crippen LogP contribution in [0.25, 0.3) is 0 Å². The second kappa shape index (κ2) is 6.87. The molecule has 0 bridgehead atoms. The summed E-state index contributed by atoms with van der Waals surface area (Å²) in [5.74, 6) is 0.689. The fourth-order valence-electron chi connectivity index (χ4n) is 2.02. The van der Waals surface area contributed by atoms with Gasteiger partial charge in [-0.15, -0.1) is 0 Å². The zero-order chi connectivity index (χ0) is 13.7. The van der Waals surface area contributed by atoms with Crippen molar-refractivity contribution in [3.63, 3.8) is 0 Å². The molecular formula is C15H23N3S. The van der Waals surface area contributed by atoms with Gasteiger partial charge in [-0.25, -0.2) is 0 Å². The number of hydrogen-bond donors (Lipinski definition) is 1. The minimum Gasteiger partial charge on any atom is -0.312 e. The fourth-order valence-corrected chi connectivity index (χ4v) is 2.72. The molecule has 2 aromatic rings. The molecule has 0 saturated carbocycles. The van der Waals surface area contributed by atoms with E-state index in [4.69, 9.17) is 0 Å². The van der Waals surface area contributed by atoms with E-state index in [0.717, 1.165) is 31.7 Å². The van der Waals surface area contributed by atoms with Crippen LogP contribution in [0, 0.1) is 12.8 Å². The Morgan fingerprint density at radius 1 is 1.42 bits per heavy atom. The number of aryl methyl sites for hydroxylation is 3. The van der Waals surface area contributed by atoms with E-state index in [1.54, 1.807) is 11.3 Å². The summed E-state index contributed by atoms with van der Waals surface area (Å²) in [5, 5.41) is 12.4. The predicted octanol–water partition coefficient (Wildman–Crippen LogP) is 3.24. The normalized spacial score (nSPS) is 11.4. The van der Waals surface area contributed by atoms with Gasteiger partial charge >= 0.3 is 0 Å². The lowest BCUT2D eigenvalue weighted by atomic mass is 10.2. The minimum atomic E-state index is 0.689. The van der Waals surface area contributed by atoms with E-state index in [9.17, 15) is 0 Å². The van der Waals surface area contributed by atoms with E-state index in [0.29, 0.717) is 5.92 Å². The molecule has 0 aliphatic heterocycles. The standard InChI is InChI=1S/C15H23N3S/c1-12(2)8-16-9-15-10-18(17-13(15)3)6-4-14-5-7-19-11-14/h5,7,10-12,16H,4,6,8-9H2,1-3H3. The number of hydrogen-bond acceptors (Lipinski definition) is 3. The van der Waals surface area contributed by atoms with Crippen molar-refractivity contribution in [2.75, 3.05) is 6.54 Å². The quantitative estimate of drug-likeness (QED) is 0.842. The van der Waals surface area contributed by atoms with Gasteiger partial charge in [0.25, 0.3) is 0 Å². The molecule has 2 aromatic heterocycles. The topological polar surface area (TPSA) is 29.9 Å². The van der Waals surface area contributed by atoms with Crippen molar-refractivity contribution < 1.29 is 0 Å². The summed E-state index contributed by atoms with van der Waals surface area (Å²) < 4.78 is 2.07. The monoisotopic (exact) mass is 277 g/mol. The van der Waals surface area contributed by atoms with Gasteiger partial charge in [-0.2, -0.15) is 16.4 Å². The van der Waals surface area contributed by atoms with E-state index in [1.807, 2.05) is 0 Å². The average Bonchev–Trinajstić information content (AvgIpc) is 2.97. The molecule has 0 saturated heterocycles. The molecule has 104 valence electrons. The Morgan fingerprint density at radius 2 is 2.26 bits per heavy atom. The van der Waals surface area contributed by atoms with Crippen LogP contribution in [-0.2, 0) is 19.5 Å². The van der Waals surface area contributed by atoms with Crippen LogP contribution in [-0.4, -0.2) is 16.3 Å². The molecule has 0 unspecified atom stereocenters. The first-order valence-corrected chi connectivity index (χ1v) is 7.84. The summed E-state index contributed by atoms with van der Waals surface area (Å²) in [7, 11) is 0. The highest BCUT2D eigenvalue weighted by Crippen LogP contribution is 2.10. The van der Waals surface area contributed by atoms with E-state index < -0.39 is 0 Å². The lowest BCUT2D eigenvalue weighted by Crippen LogP contribution is -2.19. The first kappa shape index (κ1) is 14.3. The Bertz CT molecular complexity index is 485. The van der Waals surface area contributed by atoms with Gasteiger partial charge in [-0.1, -0.05) is 13.8 Å². The molecule has 0 aliphatic rings. The van der Waals surface area contributed by atoms with E-state index in [2.05, 4.69) is 58.9 Å². The molecule has 0 aromatic carbocycles. The summed E-state index contributed by atoms with van der Waals surface area (Å²) in [6.45, 7) is 9.48. The first-order valence-electron chi connectivity index (χ1n) is 6.90. The Balaban J connectivity index is 1.85. The summed E-state index contributed by atoms with van der Waals surface area (Å²) in [4.78, 5) is 0. The number of thiophene rings is 1. The van der Waals surface area contributed by atoms with Crippen LogP contribution >= 0.6 is 11.3 Å².